The van der Waals surface area contributed by atoms with E-state index in [9.17, 15) is 5.26 Å². The van der Waals surface area contributed by atoms with Crippen LogP contribution in [0.15, 0.2) is 65.1 Å². The highest BCUT2D eigenvalue weighted by Gasteiger charge is 2.16. The summed E-state index contributed by atoms with van der Waals surface area (Å²) in [6.07, 6.45) is 1.03. The molecule has 0 spiro atoms. The van der Waals surface area contributed by atoms with E-state index in [0.717, 1.165) is 34.2 Å². The van der Waals surface area contributed by atoms with E-state index >= 15 is 0 Å². The first-order chi connectivity index (χ1) is 12.2. The minimum atomic E-state index is 0.564. The average Bonchev–Trinajstić information content (AvgIpc) is 3.06. The molecule has 0 aliphatic heterocycles. The lowest BCUT2D eigenvalue weighted by Crippen LogP contribution is -2.09. The van der Waals surface area contributed by atoms with Gasteiger partial charge in [0.05, 0.1) is 11.3 Å². The molecule has 0 fully saturated rings. The molecule has 0 saturated carbocycles. The van der Waals surface area contributed by atoms with Gasteiger partial charge in [-0.3, -0.25) is 0 Å². The fourth-order valence-corrected chi connectivity index (χ4v) is 3.25. The Balaban J connectivity index is 1.91. The lowest BCUT2D eigenvalue weighted by atomic mass is 10.1. The van der Waals surface area contributed by atoms with E-state index in [-0.39, 0.29) is 0 Å². The van der Waals surface area contributed by atoms with Gasteiger partial charge in [-0.15, -0.1) is 0 Å². The van der Waals surface area contributed by atoms with E-state index in [0.29, 0.717) is 11.1 Å². The van der Waals surface area contributed by atoms with E-state index in [1.807, 2.05) is 37.4 Å². The van der Waals surface area contributed by atoms with Crippen molar-refractivity contribution in [2.45, 2.75) is 13.3 Å². The van der Waals surface area contributed by atoms with Crippen LogP contribution >= 0.6 is 0 Å². The lowest BCUT2D eigenvalue weighted by molar-refractivity contribution is 0.667. The molecule has 4 aromatic rings. The standard InChI is InChI=1S/C22H18N2O/c1-3-15-10-12-17(13-11-15)24(2)20-9-5-8-19-18-7-4-6-16(14-23)21(18)25-22(19)20/h4-13H,3H2,1-2H3. The minimum absolute atomic E-state index is 0.564. The maximum Gasteiger partial charge on any atom is 0.159 e. The molecule has 0 N–H and O–H groups in total. The van der Waals surface area contributed by atoms with E-state index in [4.69, 9.17) is 4.42 Å². The predicted octanol–water partition coefficient (Wildman–Crippen LogP) is 5.79. The molecule has 0 aliphatic rings. The van der Waals surface area contributed by atoms with Gasteiger partial charge in [0, 0.05) is 23.5 Å². The SMILES string of the molecule is CCc1ccc(N(C)c2cccc3c2oc2c(C#N)cccc23)cc1. The van der Waals surface area contributed by atoms with Crippen LogP contribution in [0.1, 0.15) is 18.1 Å². The normalized spacial score (nSPS) is 10.9. The quantitative estimate of drug-likeness (QED) is 0.478. The highest BCUT2D eigenvalue weighted by molar-refractivity contribution is 6.10. The fraction of sp³-hybridized carbons (Fsp3) is 0.136. The zero-order valence-corrected chi connectivity index (χ0v) is 14.3. The molecule has 3 nitrogen and oxygen atoms in total. The van der Waals surface area contributed by atoms with Crippen LogP contribution in [0.25, 0.3) is 21.9 Å². The van der Waals surface area contributed by atoms with Crippen LogP contribution in [-0.4, -0.2) is 7.05 Å². The number of nitrogens with zero attached hydrogens (tertiary/aromatic N) is 2. The van der Waals surface area contributed by atoms with Crippen molar-refractivity contribution in [2.24, 2.45) is 0 Å². The number of benzene rings is 3. The topological polar surface area (TPSA) is 40.2 Å². The summed E-state index contributed by atoms with van der Waals surface area (Å²) in [6, 6.07) is 22.6. The van der Waals surface area contributed by atoms with Gasteiger partial charge in [0.2, 0.25) is 0 Å². The third-order valence-corrected chi connectivity index (χ3v) is 4.72. The van der Waals surface area contributed by atoms with Gasteiger partial charge in [-0.2, -0.15) is 5.26 Å². The molecule has 122 valence electrons. The van der Waals surface area contributed by atoms with Gasteiger partial charge in [0.15, 0.2) is 11.2 Å². The molecule has 0 atom stereocenters. The second-order valence-corrected chi connectivity index (χ2v) is 6.13. The molecule has 4 rings (SSSR count). The van der Waals surface area contributed by atoms with Crippen molar-refractivity contribution in [3.8, 4) is 6.07 Å². The molecular formula is C22H18N2O. The van der Waals surface area contributed by atoms with Crippen molar-refractivity contribution in [1.29, 1.82) is 5.26 Å². The Morgan fingerprint density at radius 3 is 2.28 bits per heavy atom. The van der Waals surface area contributed by atoms with Crippen molar-refractivity contribution in [2.75, 3.05) is 11.9 Å². The highest BCUT2D eigenvalue weighted by atomic mass is 16.3. The molecule has 0 radical (unpaired) electrons. The van der Waals surface area contributed by atoms with Crippen LogP contribution in [0.2, 0.25) is 0 Å². The summed E-state index contributed by atoms with van der Waals surface area (Å²) in [5.74, 6) is 0. The summed E-state index contributed by atoms with van der Waals surface area (Å²) in [6.45, 7) is 2.15. The summed E-state index contributed by atoms with van der Waals surface area (Å²) in [7, 11) is 2.04. The number of anilines is 2. The molecule has 0 amide bonds. The van der Waals surface area contributed by atoms with Gasteiger partial charge in [-0.25, -0.2) is 0 Å². The molecule has 1 heterocycles. The fourth-order valence-electron chi connectivity index (χ4n) is 3.25. The maximum atomic E-state index is 9.35. The number of para-hydroxylation sites is 2. The Bertz CT molecular complexity index is 1100. The summed E-state index contributed by atoms with van der Waals surface area (Å²) in [5.41, 5.74) is 5.43. The number of nitriles is 1. The van der Waals surface area contributed by atoms with Crippen molar-refractivity contribution in [3.05, 3.63) is 71.8 Å². The molecule has 3 aromatic carbocycles. The zero-order chi connectivity index (χ0) is 17.4. The number of furan rings is 1. The van der Waals surface area contributed by atoms with Gasteiger partial charge in [0.25, 0.3) is 0 Å². The van der Waals surface area contributed by atoms with E-state index < -0.39 is 0 Å². The van der Waals surface area contributed by atoms with Crippen molar-refractivity contribution < 1.29 is 4.42 Å². The molecular weight excluding hydrogens is 308 g/mol. The van der Waals surface area contributed by atoms with Crippen LogP contribution in [0.4, 0.5) is 11.4 Å². The Labute approximate surface area is 146 Å². The van der Waals surface area contributed by atoms with Gasteiger partial charge >= 0.3 is 0 Å². The summed E-state index contributed by atoms with van der Waals surface area (Å²) in [5, 5.41) is 11.4. The third kappa shape index (κ3) is 2.43. The molecule has 0 saturated heterocycles. The van der Waals surface area contributed by atoms with Crippen LogP contribution in [0.3, 0.4) is 0 Å². The zero-order valence-electron chi connectivity index (χ0n) is 14.3. The Morgan fingerprint density at radius 1 is 0.920 bits per heavy atom. The Hall–Kier alpha value is -3.25. The van der Waals surface area contributed by atoms with E-state index in [2.05, 4.69) is 42.2 Å². The first-order valence-corrected chi connectivity index (χ1v) is 8.40. The van der Waals surface area contributed by atoms with E-state index in [1.54, 1.807) is 6.07 Å². The van der Waals surface area contributed by atoms with Gasteiger partial charge in [-0.05, 0) is 36.2 Å². The first-order valence-electron chi connectivity index (χ1n) is 8.40. The third-order valence-electron chi connectivity index (χ3n) is 4.72. The number of fused-ring (bicyclic) bond motifs is 3. The predicted molar refractivity (Wildman–Crippen MR) is 102 cm³/mol. The van der Waals surface area contributed by atoms with Crippen LogP contribution in [0.5, 0.6) is 0 Å². The Morgan fingerprint density at radius 2 is 1.60 bits per heavy atom. The smallest absolute Gasteiger partial charge is 0.159 e. The number of hydrogen-bond acceptors (Lipinski definition) is 3. The molecule has 3 heteroatoms. The molecule has 25 heavy (non-hydrogen) atoms. The molecule has 0 unspecified atom stereocenters. The van der Waals surface area contributed by atoms with E-state index in [1.165, 1.54) is 5.56 Å². The number of aryl methyl sites for hydroxylation is 1. The molecule has 0 bridgehead atoms. The summed E-state index contributed by atoms with van der Waals surface area (Å²) < 4.78 is 6.13. The average molecular weight is 326 g/mol. The Kier molecular flexibility index (Phi) is 3.66. The van der Waals surface area contributed by atoms with Gasteiger partial charge in [0.1, 0.15) is 6.07 Å². The van der Waals surface area contributed by atoms with Gasteiger partial charge < -0.3 is 9.32 Å². The summed E-state index contributed by atoms with van der Waals surface area (Å²) >= 11 is 0. The maximum absolute atomic E-state index is 9.35. The van der Waals surface area contributed by atoms with Crippen molar-refractivity contribution in [1.82, 2.24) is 0 Å². The van der Waals surface area contributed by atoms with Crippen LogP contribution in [-0.2, 0) is 6.42 Å². The minimum Gasteiger partial charge on any atom is -0.452 e. The summed E-state index contributed by atoms with van der Waals surface area (Å²) in [4.78, 5) is 2.12. The van der Waals surface area contributed by atoms with Gasteiger partial charge in [-0.1, -0.05) is 43.3 Å². The molecule has 1 aromatic heterocycles. The van der Waals surface area contributed by atoms with Crippen LogP contribution in [0, 0.1) is 11.3 Å². The highest BCUT2D eigenvalue weighted by Crippen LogP contribution is 2.38. The van der Waals surface area contributed by atoms with Crippen LogP contribution < -0.4 is 4.90 Å². The largest absolute Gasteiger partial charge is 0.452 e. The monoisotopic (exact) mass is 326 g/mol. The number of hydrogen-bond donors (Lipinski definition) is 0. The second-order valence-electron chi connectivity index (χ2n) is 6.13. The molecule has 0 aliphatic carbocycles. The van der Waals surface area contributed by atoms with Crippen molar-refractivity contribution >= 4 is 33.3 Å². The lowest BCUT2D eigenvalue weighted by Gasteiger charge is -2.20. The first kappa shape index (κ1) is 15.3. The number of rotatable bonds is 3. The van der Waals surface area contributed by atoms with Crippen molar-refractivity contribution in [3.63, 3.8) is 0 Å². The second kappa shape index (κ2) is 5.99.